The van der Waals surface area contributed by atoms with Crippen LogP contribution < -0.4 is 4.74 Å². The van der Waals surface area contributed by atoms with E-state index < -0.39 is 0 Å². The number of esters is 1. The number of carbonyl (C=O) groups is 2. The zero-order chi connectivity index (χ0) is 22.4. The Morgan fingerprint density at radius 2 is 1.90 bits per heavy atom. The normalized spacial score (nSPS) is 13.7. The van der Waals surface area contributed by atoms with Crippen LogP contribution in [-0.2, 0) is 14.3 Å². The quantitative estimate of drug-likeness (QED) is 0.288. The average Bonchev–Trinajstić information content (AvgIpc) is 2.77. The minimum absolute atomic E-state index is 0.178. The minimum Gasteiger partial charge on any atom is -0.426 e. The van der Waals surface area contributed by atoms with Crippen LogP contribution in [0.5, 0.6) is 5.75 Å². The lowest BCUT2D eigenvalue weighted by atomic mass is 10.1. The molecule has 0 atom stereocenters. The van der Waals surface area contributed by atoms with E-state index in [2.05, 4.69) is 6.58 Å². The van der Waals surface area contributed by atoms with Crippen LogP contribution in [0, 0.1) is 0 Å². The number of halogens is 2. The van der Waals surface area contributed by atoms with Crippen LogP contribution in [0.2, 0.25) is 10.0 Å². The van der Waals surface area contributed by atoms with E-state index in [1.165, 1.54) is 11.8 Å². The van der Waals surface area contributed by atoms with Gasteiger partial charge in [0, 0.05) is 40.4 Å². The largest absolute Gasteiger partial charge is 0.426 e. The second-order valence-electron chi connectivity index (χ2n) is 6.92. The highest BCUT2D eigenvalue weighted by Crippen LogP contribution is 2.41. The molecule has 0 bridgehead atoms. The standard InChI is InChI=1S/C23H23Cl2NO4S/c1-3-5-20(27)30-16-6-4-7-17(14-16)31-19-9-8-18(21(24)22(19)25)15(2)23(28)26-10-12-29-13-11-26/h4,6-9,14H,2-3,5,10-13H2,1H3. The van der Waals surface area contributed by atoms with Crippen molar-refractivity contribution >= 4 is 52.4 Å². The van der Waals surface area contributed by atoms with Crippen molar-refractivity contribution in [2.24, 2.45) is 0 Å². The lowest BCUT2D eigenvalue weighted by Gasteiger charge is -2.27. The second kappa shape index (κ2) is 11.0. The molecule has 1 saturated heterocycles. The third-order valence-electron chi connectivity index (χ3n) is 4.65. The first-order valence-corrected chi connectivity index (χ1v) is 11.5. The number of benzene rings is 2. The summed E-state index contributed by atoms with van der Waals surface area (Å²) < 4.78 is 10.6. The summed E-state index contributed by atoms with van der Waals surface area (Å²) in [6, 6.07) is 10.8. The molecule has 0 saturated carbocycles. The number of morpholine rings is 1. The van der Waals surface area contributed by atoms with Gasteiger partial charge in [0.2, 0.25) is 0 Å². The predicted molar refractivity (Wildman–Crippen MR) is 124 cm³/mol. The van der Waals surface area contributed by atoms with Crippen molar-refractivity contribution < 1.29 is 19.1 Å². The highest BCUT2D eigenvalue weighted by Gasteiger charge is 2.23. The van der Waals surface area contributed by atoms with Gasteiger partial charge in [-0.2, -0.15) is 0 Å². The van der Waals surface area contributed by atoms with Crippen LogP contribution in [0.25, 0.3) is 5.57 Å². The molecule has 0 radical (unpaired) electrons. The SMILES string of the molecule is C=C(C(=O)N1CCOCC1)c1ccc(Sc2cccc(OC(=O)CCC)c2)c(Cl)c1Cl. The van der Waals surface area contributed by atoms with Crippen molar-refractivity contribution in [2.45, 2.75) is 29.6 Å². The highest BCUT2D eigenvalue weighted by molar-refractivity contribution is 7.99. The van der Waals surface area contributed by atoms with Gasteiger partial charge in [-0.1, -0.05) is 60.6 Å². The highest BCUT2D eigenvalue weighted by atomic mass is 35.5. The fourth-order valence-corrected chi connectivity index (χ4v) is 4.55. The number of rotatable bonds is 7. The van der Waals surface area contributed by atoms with E-state index in [1.54, 1.807) is 23.1 Å². The van der Waals surface area contributed by atoms with Crippen molar-refractivity contribution in [1.82, 2.24) is 4.90 Å². The molecule has 1 heterocycles. The molecule has 31 heavy (non-hydrogen) atoms. The number of ether oxygens (including phenoxy) is 2. The van der Waals surface area contributed by atoms with Gasteiger partial charge < -0.3 is 14.4 Å². The van der Waals surface area contributed by atoms with Gasteiger partial charge in [0.05, 0.1) is 23.3 Å². The van der Waals surface area contributed by atoms with Crippen LogP contribution in [0.1, 0.15) is 25.3 Å². The van der Waals surface area contributed by atoms with Crippen LogP contribution in [-0.4, -0.2) is 43.1 Å². The molecule has 164 valence electrons. The van der Waals surface area contributed by atoms with Crippen LogP contribution in [0.4, 0.5) is 0 Å². The van der Waals surface area contributed by atoms with E-state index >= 15 is 0 Å². The average molecular weight is 480 g/mol. The first kappa shape index (κ1) is 23.7. The zero-order valence-corrected chi connectivity index (χ0v) is 19.5. The maximum absolute atomic E-state index is 12.7. The number of carbonyl (C=O) groups excluding carboxylic acids is 2. The number of hydrogen-bond acceptors (Lipinski definition) is 5. The lowest BCUT2D eigenvalue weighted by Crippen LogP contribution is -2.40. The smallest absolute Gasteiger partial charge is 0.311 e. The van der Waals surface area contributed by atoms with Gasteiger partial charge in [0.15, 0.2) is 0 Å². The summed E-state index contributed by atoms with van der Waals surface area (Å²) in [7, 11) is 0. The summed E-state index contributed by atoms with van der Waals surface area (Å²) >= 11 is 14.4. The van der Waals surface area contributed by atoms with Gasteiger partial charge in [-0.05, 0) is 30.7 Å². The Morgan fingerprint density at radius 3 is 2.61 bits per heavy atom. The Morgan fingerprint density at radius 1 is 1.16 bits per heavy atom. The molecule has 0 spiro atoms. The van der Waals surface area contributed by atoms with Crippen molar-refractivity contribution in [3.05, 3.63) is 58.6 Å². The molecule has 8 heteroatoms. The molecule has 1 aliphatic heterocycles. The molecule has 5 nitrogen and oxygen atoms in total. The van der Waals surface area contributed by atoms with Gasteiger partial charge in [-0.25, -0.2) is 0 Å². The monoisotopic (exact) mass is 479 g/mol. The third-order valence-corrected chi connectivity index (χ3v) is 6.69. The third kappa shape index (κ3) is 6.04. The Kier molecular flexibility index (Phi) is 8.43. The molecule has 0 N–H and O–H groups in total. The predicted octanol–water partition coefficient (Wildman–Crippen LogP) is 5.72. The molecule has 0 unspecified atom stereocenters. The maximum atomic E-state index is 12.7. The molecular formula is C23H23Cl2NO4S. The number of hydrogen-bond donors (Lipinski definition) is 0. The number of amides is 1. The first-order valence-electron chi connectivity index (χ1n) is 9.93. The van der Waals surface area contributed by atoms with Crippen LogP contribution in [0.15, 0.2) is 52.8 Å². The first-order chi connectivity index (χ1) is 14.9. The van der Waals surface area contributed by atoms with Gasteiger partial charge in [0.25, 0.3) is 5.91 Å². The molecule has 0 aliphatic carbocycles. The molecule has 3 rings (SSSR count). The van der Waals surface area contributed by atoms with Crippen molar-refractivity contribution in [3.8, 4) is 5.75 Å². The lowest BCUT2D eigenvalue weighted by molar-refractivity contribution is -0.134. The van der Waals surface area contributed by atoms with Crippen LogP contribution in [0.3, 0.4) is 0 Å². The van der Waals surface area contributed by atoms with Crippen LogP contribution >= 0.6 is 35.0 Å². The van der Waals surface area contributed by atoms with E-state index in [9.17, 15) is 9.59 Å². The topological polar surface area (TPSA) is 55.8 Å². The number of nitrogens with zero attached hydrogens (tertiary/aromatic N) is 1. The Balaban J connectivity index is 1.75. The fraction of sp³-hybridized carbons (Fsp3) is 0.304. The Labute approximate surface area is 196 Å². The summed E-state index contributed by atoms with van der Waals surface area (Å²) in [4.78, 5) is 27.7. The summed E-state index contributed by atoms with van der Waals surface area (Å²) in [5.74, 6) is 0.0357. The van der Waals surface area contributed by atoms with Crippen molar-refractivity contribution in [3.63, 3.8) is 0 Å². The van der Waals surface area contributed by atoms with Gasteiger partial charge in [0.1, 0.15) is 5.75 Å². The molecule has 2 aromatic carbocycles. The van der Waals surface area contributed by atoms with Gasteiger partial charge >= 0.3 is 5.97 Å². The summed E-state index contributed by atoms with van der Waals surface area (Å²) in [5, 5.41) is 0.622. The van der Waals surface area contributed by atoms with Gasteiger partial charge in [-0.3, -0.25) is 9.59 Å². The molecule has 1 aliphatic rings. The van der Waals surface area contributed by atoms with E-state index in [-0.39, 0.29) is 16.9 Å². The molecule has 1 fully saturated rings. The van der Waals surface area contributed by atoms with Gasteiger partial charge in [-0.15, -0.1) is 0 Å². The fourth-order valence-electron chi connectivity index (χ4n) is 3.03. The van der Waals surface area contributed by atoms with E-state index in [4.69, 9.17) is 32.7 Å². The summed E-state index contributed by atoms with van der Waals surface area (Å²) in [6.07, 6.45) is 1.10. The molecule has 2 aromatic rings. The van der Waals surface area contributed by atoms with E-state index in [1.807, 2.05) is 25.1 Å². The second-order valence-corrected chi connectivity index (χ2v) is 8.79. The Bertz CT molecular complexity index is 990. The molecule has 0 aromatic heterocycles. The molecule has 1 amide bonds. The van der Waals surface area contributed by atoms with E-state index in [0.717, 1.165) is 16.2 Å². The van der Waals surface area contributed by atoms with E-state index in [0.29, 0.717) is 54.6 Å². The maximum Gasteiger partial charge on any atom is 0.311 e. The Hall–Kier alpha value is -1.99. The minimum atomic E-state index is -0.265. The molecular weight excluding hydrogens is 457 g/mol. The summed E-state index contributed by atoms with van der Waals surface area (Å²) in [5.41, 5.74) is 0.810. The van der Waals surface area contributed by atoms with Crippen molar-refractivity contribution in [2.75, 3.05) is 26.3 Å². The van der Waals surface area contributed by atoms with Crippen molar-refractivity contribution in [1.29, 1.82) is 0 Å². The summed E-state index contributed by atoms with van der Waals surface area (Å²) in [6.45, 7) is 7.93. The zero-order valence-electron chi connectivity index (χ0n) is 17.2.